The van der Waals surface area contributed by atoms with Gasteiger partial charge in [0.05, 0.1) is 5.56 Å². The SMILES string of the molecule is CCS/C(c1ccccc1)=[N+](\C)O.[I-]. The molecule has 0 aliphatic carbocycles. The van der Waals surface area contributed by atoms with Crippen molar-refractivity contribution < 1.29 is 33.9 Å². The zero-order valence-electron chi connectivity index (χ0n) is 8.27. The van der Waals surface area contributed by atoms with E-state index in [9.17, 15) is 5.21 Å². The summed E-state index contributed by atoms with van der Waals surface area (Å²) in [5.74, 6) is 0.953. The fourth-order valence-corrected chi connectivity index (χ4v) is 1.84. The van der Waals surface area contributed by atoms with Gasteiger partial charge in [-0.1, -0.05) is 36.9 Å². The first-order valence-corrected chi connectivity index (χ1v) is 5.22. The van der Waals surface area contributed by atoms with Crippen molar-refractivity contribution in [2.45, 2.75) is 6.92 Å². The number of hydrogen-bond donors (Lipinski definition) is 1. The van der Waals surface area contributed by atoms with E-state index in [1.807, 2.05) is 30.3 Å². The Balaban J connectivity index is 0.00000169. The Morgan fingerprint density at radius 1 is 1.36 bits per heavy atom. The highest BCUT2D eigenvalue weighted by molar-refractivity contribution is 8.14. The van der Waals surface area contributed by atoms with E-state index in [2.05, 4.69) is 6.92 Å². The number of hydroxylamine groups is 1. The van der Waals surface area contributed by atoms with Gasteiger partial charge < -0.3 is 24.0 Å². The summed E-state index contributed by atoms with van der Waals surface area (Å²) in [4.78, 5) is 0. The Morgan fingerprint density at radius 2 is 1.93 bits per heavy atom. The summed E-state index contributed by atoms with van der Waals surface area (Å²) < 4.78 is 1.17. The maximum Gasteiger partial charge on any atom is 0.291 e. The number of nitrogens with zero attached hydrogens (tertiary/aromatic N) is 1. The number of thioether (sulfide) groups is 1. The molecule has 1 aromatic carbocycles. The first-order chi connectivity index (χ1) is 6.25. The largest absolute Gasteiger partial charge is 1.00 e. The van der Waals surface area contributed by atoms with Crippen molar-refractivity contribution in [1.29, 1.82) is 0 Å². The third-order valence-corrected chi connectivity index (χ3v) is 2.66. The lowest BCUT2D eigenvalue weighted by molar-refractivity contribution is -0.752. The molecule has 0 saturated heterocycles. The lowest BCUT2D eigenvalue weighted by atomic mass is 10.2. The van der Waals surface area contributed by atoms with Crippen LogP contribution in [0.25, 0.3) is 0 Å². The number of rotatable bonds is 2. The molecule has 0 aliphatic heterocycles. The minimum atomic E-state index is 0. The van der Waals surface area contributed by atoms with Gasteiger partial charge in [0.15, 0.2) is 7.05 Å². The van der Waals surface area contributed by atoms with E-state index >= 15 is 0 Å². The zero-order valence-corrected chi connectivity index (χ0v) is 11.2. The molecule has 14 heavy (non-hydrogen) atoms. The lowest BCUT2D eigenvalue weighted by Gasteiger charge is -1.98. The van der Waals surface area contributed by atoms with Gasteiger partial charge >= 0.3 is 0 Å². The molecular formula is C10H14INOS. The van der Waals surface area contributed by atoms with Gasteiger partial charge in [0.2, 0.25) is 0 Å². The monoisotopic (exact) mass is 323 g/mol. The predicted molar refractivity (Wildman–Crippen MR) is 56.7 cm³/mol. The van der Waals surface area contributed by atoms with Crippen molar-refractivity contribution in [2.75, 3.05) is 12.8 Å². The van der Waals surface area contributed by atoms with E-state index in [1.165, 1.54) is 4.74 Å². The number of benzene rings is 1. The molecule has 0 heterocycles. The van der Waals surface area contributed by atoms with E-state index in [1.54, 1.807) is 18.8 Å². The summed E-state index contributed by atoms with van der Waals surface area (Å²) in [5.41, 5.74) is 1.05. The zero-order chi connectivity index (χ0) is 9.68. The summed E-state index contributed by atoms with van der Waals surface area (Å²) in [6, 6.07) is 9.88. The van der Waals surface area contributed by atoms with Crippen LogP contribution < -0.4 is 24.0 Å². The van der Waals surface area contributed by atoms with Crippen LogP contribution in [0.15, 0.2) is 30.3 Å². The Bertz CT molecular complexity index is 296. The molecule has 0 amide bonds. The average Bonchev–Trinajstić information content (AvgIpc) is 2.15. The second-order valence-electron chi connectivity index (χ2n) is 2.63. The van der Waals surface area contributed by atoms with Gasteiger partial charge in [0.1, 0.15) is 0 Å². The van der Waals surface area contributed by atoms with E-state index in [0.717, 1.165) is 16.4 Å². The maximum atomic E-state index is 9.37. The Morgan fingerprint density at radius 3 is 2.36 bits per heavy atom. The highest BCUT2D eigenvalue weighted by Crippen LogP contribution is 2.11. The van der Waals surface area contributed by atoms with Crippen LogP contribution in [-0.4, -0.2) is 27.8 Å². The molecule has 0 aromatic heterocycles. The van der Waals surface area contributed by atoms with Crippen molar-refractivity contribution in [1.82, 2.24) is 0 Å². The molecule has 1 rings (SSSR count). The highest BCUT2D eigenvalue weighted by Gasteiger charge is 2.12. The van der Waals surface area contributed by atoms with Crippen LogP contribution in [0.4, 0.5) is 0 Å². The van der Waals surface area contributed by atoms with E-state index in [-0.39, 0.29) is 24.0 Å². The van der Waals surface area contributed by atoms with Crippen LogP contribution in [-0.2, 0) is 0 Å². The average molecular weight is 323 g/mol. The molecule has 0 aliphatic rings. The summed E-state index contributed by atoms with van der Waals surface area (Å²) >= 11 is 1.63. The second kappa shape index (κ2) is 7.11. The third-order valence-electron chi connectivity index (χ3n) is 1.60. The van der Waals surface area contributed by atoms with Gasteiger partial charge in [-0.15, -0.1) is 0 Å². The Labute approximate surface area is 106 Å². The van der Waals surface area contributed by atoms with E-state index in [0.29, 0.717) is 0 Å². The molecule has 0 spiro atoms. The standard InChI is InChI=1S/C10H14NOS.HI/c1-3-13-10(11(2)12)9-7-5-4-6-8-9;/h4-8,12H,3H2,1-2H3;1H/q+1;/p-1/b11-10+;. The van der Waals surface area contributed by atoms with Gasteiger partial charge in [0.25, 0.3) is 5.04 Å². The van der Waals surface area contributed by atoms with Gasteiger partial charge in [-0.05, 0) is 16.9 Å². The summed E-state index contributed by atoms with van der Waals surface area (Å²) in [5, 5.41) is 10.3. The molecule has 0 saturated carbocycles. The van der Waals surface area contributed by atoms with Crippen molar-refractivity contribution in [3.05, 3.63) is 35.9 Å². The maximum absolute atomic E-state index is 9.37. The van der Waals surface area contributed by atoms with E-state index in [4.69, 9.17) is 0 Å². The molecule has 2 nitrogen and oxygen atoms in total. The minimum absolute atomic E-state index is 0. The number of halogens is 1. The molecule has 0 bridgehead atoms. The molecule has 1 N–H and O–H groups in total. The van der Waals surface area contributed by atoms with Gasteiger partial charge in [-0.2, -0.15) is 0 Å². The number of hydrogen-bond acceptors (Lipinski definition) is 2. The summed E-state index contributed by atoms with van der Waals surface area (Å²) in [7, 11) is 1.64. The molecule has 0 unspecified atom stereocenters. The summed E-state index contributed by atoms with van der Waals surface area (Å²) in [6.07, 6.45) is 0. The minimum Gasteiger partial charge on any atom is -1.00 e. The van der Waals surface area contributed by atoms with Gasteiger partial charge in [-0.3, -0.25) is 5.21 Å². The fourth-order valence-electron chi connectivity index (χ4n) is 1.08. The van der Waals surface area contributed by atoms with Crippen molar-refractivity contribution in [2.24, 2.45) is 0 Å². The smallest absolute Gasteiger partial charge is 0.291 e. The first kappa shape index (κ1) is 13.8. The Hall–Kier alpha value is -0.230. The van der Waals surface area contributed by atoms with Gasteiger partial charge in [0, 0.05) is 5.75 Å². The van der Waals surface area contributed by atoms with Crippen LogP contribution >= 0.6 is 11.8 Å². The topological polar surface area (TPSA) is 23.2 Å². The lowest BCUT2D eigenvalue weighted by Crippen LogP contribution is -3.00. The molecule has 0 atom stereocenters. The van der Waals surface area contributed by atoms with Crippen LogP contribution in [0, 0.1) is 0 Å². The molecular weight excluding hydrogens is 309 g/mol. The molecule has 0 radical (unpaired) electrons. The fraction of sp³-hybridized carbons (Fsp3) is 0.300. The second-order valence-corrected chi connectivity index (χ2v) is 3.88. The molecule has 4 heteroatoms. The predicted octanol–water partition coefficient (Wildman–Crippen LogP) is -0.778. The van der Waals surface area contributed by atoms with Crippen molar-refractivity contribution in [3.8, 4) is 0 Å². The van der Waals surface area contributed by atoms with Crippen LogP contribution in [0.1, 0.15) is 12.5 Å². The Kier molecular flexibility index (Phi) is 7.00. The van der Waals surface area contributed by atoms with Gasteiger partial charge in [-0.25, -0.2) is 0 Å². The van der Waals surface area contributed by atoms with Crippen molar-refractivity contribution in [3.63, 3.8) is 0 Å². The molecule has 78 valence electrons. The van der Waals surface area contributed by atoms with Crippen LogP contribution in [0.2, 0.25) is 0 Å². The highest BCUT2D eigenvalue weighted by atomic mass is 127. The van der Waals surface area contributed by atoms with Crippen LogP contribution in [0.3, 0.4) is 0 Å². The van der Waals surface area contributed by atoms with E-state index < -0.39 is 0 Å². The molecule has 0 fully saturated rings. The quantitative estimate of drug-likeness (QED) is 0.193. The van der Waals surface area contributed by atoms with Crippen molar-refractivity contribution >= 4 is 16.8 Å². The first-order valence-electron chi connectivity index (χ1n) is 4.23. The molecule has 1 aromatic rings. The summed E-state index contributed by atoms with van der Waals surface area (Å²) in [6.45, 7) is 2.07. The third kappa shape index (κ3) is 3.88. The van der Waals surface area contributed by atoms with Crippen LogP contribution in [0.5, 0.6) is 0 Å². The normalized spacial score (nSPS) is 11.6.